The maximum Gasteiger partial charge on any atom is 0.133 e. The lowest BCUT2D eigenvalue weighted by Gasteiger charge is -2.42. The Morgan fingerprint density at radius 1 is 1.23 bits per heavy atom. The number of nitrogens with two attached hydrogens (primary N) is 1. The Labute approximate surface area is 182 Å². The summed E-state index contributed by atoms with van der Waals surface area (Å²) in [6, 6.07) is 9.92. The van der Waals surface area contributed by atoms with Gasteiger partial charge in [0.05, 0.1) is 30.2 Å². The Bertz CT molecular complexity index is 1020. The molecule has 3 aliphatic heterocycles. The van der Waals surface area contributed by atoms with E-state index >= 15 is 0 Å². The van der Waals surface area contributed by atoms with E-state index in [4.69, 9.17) is 15.9 Å². The van der Waals surface area contributed by atoms with Crippen molar-refractivity contribution in [3.63, 3.8) is 0 Å². The minimum absolute atomic E-state index is 0.189. The first-order valence-electron chi connectivity index (χ1n) is 10.4. The Morgan fingerprint density at radius 3 is 2.71 bits per heavy atom. The number of nitrogens with one attached hydrogen (secondary N) is 3. The van der Waals surface area contributed by atoms with Gasteiger partial charge in [-0.1, -0.05) is 32.0 Å². The fourth-order valence-electron chi connectivity index (χ4n) is 3.46. The Balaban J connectivity index is 1.38. The summed E-state index contributed by atoms with van der Waals surface area (Å²) < 4.78 is 6.00. The van der Waals surface area contributed by atoms with Crippen LogP contribution in [0, 0.1) is 11.3 Å². The van der Waals surface area contributed by atoms with Gasteiger partial charge in [0.1, 0.15) is 23.5 Å². The number of allylic oxidation sites excluding steroid dienone is 4. The van der Waals surface area contributed by atoms with Gasteiger partial charge in [0.25, 0.3) is 0 Å². The zero-order chi connectivity index (χ0) is 21.8. The van der Waals surface area contributed by atoms with E-state index in [2.05, 4.69) is 26.6 Å². The van der Waals surface area contributed by atoms with Crippen molar-refractivity contribution in [1.82, 2.24) is 15.5 Å². The quantitative estimate of drug-likeness (QED) is 0.405. The van der Waals surface area contributed by atoms with Crippen LogP contribution in [0.1, 0.15) is 13.8 Å². The molecule has 3 aliphatic rings. The number of hydrogen-bond acceptors (Lipinski definition) is 6. The van der Waals surface area contributed by atoms with Crippen LogP contribution in [-0.2, 0) is 0 Å². The molecule has 5 N–H and O–H groups in total. The second-order valence-electron chi connectivity index (χ2n) is 7.97. The molecule has 0 aromatic heterocycles. The third-order valence-corrected chi connectivity index (χ3v) is 5.29. The third-order valence-electron chi connectivity index (χ3n) is 5.29. The molecule has 0 aliphatic carbocycles. The lowest BCUT2D eigenvalue weighted by molar-refractivity contribution is 0.0463. The monoisotopic (exact) mass is 416 g/mol. The van der Waals surface area contributed by atoms with Gasteiger partial charge in [0.2, 0.25) is 0 Å². The molecule has 7 nitrogen and oxygen atoms in total. The van der Waals surface area contributed by atoms with Crippen LogP contribution in [0.2, 0.25) is 0 Å². The molecule has 0 bridgehead atoms. The van der Waals surface area contributed by atoms with Gasteiger partial charge in [0.15, 0.2) is 0 Å². The average Bonchev–Trinajstić information content (AvgIpc) is 2.74. The number of dihydropyridines is 2. The summed E-state index contributed by atoms with van der Waals surface area (Å²) in [5, 5.41) is 14.2. The first kappa shape index (κ1) is 20.5. The van der Waals surface area contributed by atoms with E-state index in [1.165, 1.54) is 6.21 Å². The van der Waals surface area contributed by atoms with Crippen molar-refractivity contribution in [1.29, 1.82) is 5.41 Å². The molecular formula is C24H28N6O. The molecule has 1 saturated heterocycles. The molecule has 3 heterocycles. The molecule has 1 fully saturated rings. The molecule has 0 radical (unpaired) electrons. The summed E-state index contributed by atoms with van der Waals surface area (Å²) in [6.45, 7) is 5.72. The van der Waals surface area contributed by atoms with Crippen molar-refractivity contribution in [3.8, 4) is 5.75 Å². The van der Waals surface area contributed by atoms with E-state index in [1.54, 1.807) is 6.08 Å². The number of ether oxygens (including phenoxy) is 1. The van der Waals surface area contributed by atoms with Crippen molar-refractivity contribution >= 4 is 12.1 Å². The molecule has 0 unspecified atom stereocenters. The van der Waals surface area contributed by atoms with Crippen LogP contribution in [0.15, 0.2) is 94.3 Å². The van der Waals surface area contributed by atoms with Crippen LogP contribution < -0.4 is 21.1 Å². The molecule has 0 spiro atoms. The molecule has 1 aromatic carbocycles. The van der Waals surface area contributed by atoms with E-state index < -0.39 is 0 Å². The van der Waals surface area contributed by atoms with Gasteiger partial charge < -0.3 is 31.4 Å². The highest BCUT2D eigenvalue weighted by Gasteiger charge is 2.31. The van der Waals surface area contributed by atoms with Gasteiger partial charge in [-0.25, -0.2) is 4.99 Å². The van der Waals surface area contributed by atoms with Crippen molar-refractivity contribution in [2.75, 3.05) is 13.1 Å². The van der Waals surface area contributed by atoms with E-state index in [9.17, 15) is 0 Å². The number of amidine groups is 1. The van der Waals surface area contributed by atoms with Gasteiger partial charge >= 0.3 is 0 Å². The molecule has 0 saturated carbocycles. The van der Waals surface area contributed by atoms with Crippen LogP contribution in [0.5, 0.6) is 5.75 Å². The zero-order valence-corrected chi connectivity index (χ0v) is 17.8. The first-order chi connectivity index (χ1) is 15.0. The maximum atomic E-state index is 7.51. The molecule has 0 amide bonds. The number of rotatable bonds is 7. The van der Waals surface area contributed by atoms with Gasteiger partial charge in [-0.3, -0.25) is 0 Å². The highest BCUT2D eigenvalue weighted by Crippen LogP contribution is 2.26. The number of fused-ring (bicyclic) bond motifs is 1. The lowest BCUT2D eigenvalue weighted by Crippen LogP contribution is -2.53. The van der Waals surface area contributed by atoms with Gasteiger partial charge in [-0.05, 0) is 47.9 Å². The zero-order valence-electron chi connectivity index (χ0n) is 17.8. The average molecular weight is 417 g/mol. The second-order valence-corrected chi connectivity index (χ2v) is 7.97. The maximum absolute atomic E-state index is 7.51. The number of nitrogens with zero attached hydrogens (tertiary/aromatic N) is 2. The largest absolute Gasteiger partial charge is 0.487 e. The Hall–Kier alpha value is -3.74. The van der Waals surface area contributed by atoms with E-state index in [0.717, 1.165) is 41.5 Å². The highest BCUT2D eigenvalue weighted by atomic mass is 16.5. The molecule has 4 rings (SSSR count). The summed E-state index contributed by atoms with van der Waals surface area (Å²) in [7, 11) is 0. The number of benzene rings is 1. The summed E-state index contributed by atoms with van der Waals surface area (Å²) >= 11 is 0. The number of likely N-dealkylation sites (tertiary alicyclic amines) is 1. The normalized spacial score (nSPS) is 19.1. The fraction of sp³-hybridized carbons (Fsp3) is 0.250. The highest BCUT2D eigenvalue weighted by molar-refractivity contribution is 5.97. The summed E-state index contributed by atoms with van der Waals surface area (Å²) in [5.41, 5.74) is 9.93. The Kier molecular flexibility index (Phi) is 5.93. The smallest absolute Gasteiger partial charge is 0.133 e. The molecule has 1 aromatic rings. The predicted octanol–water partition coefficient (Wildman–Crippen LogP) is 3.00. The first-order valence-corrected chi connectivity index (χ1v) is 10.4. The van der Waals surface area contributed by atoms with E-state index in [-0.39, 0.29) is 12.0 Å². The van der Waals surface area contributed by atoms with Crippen molar-refractivity contribution in [2.45, 2.75) is 20.0 Å². The van der Waals surface area contributed by atoms with Crippen molar-refractivity contribution in [3.05, 3.63) is 89.3 Å². The van der Waals surface area contributed by atoms with Crippen molar-refractivity contribution < 1.29 is 4.74 Å². The number of para-hydroxylation sites is 1. The molecule has 7 heteroatoms. The van der Waals surface area contributed by atoms with E-state index in [1.807, 2.05) is 62.5 Å². The lowest BCUT2D eigenvalue weighted by atomic mass is 10.0. The summed E-state index contributed by atoms with van der Waals surface area (Å²) in [4.78, 5) is 6.73. The molecule has 160 valence electrons. The molecular weight excluding hydrogens is 388 g/mol. The van der Waals surface area contributed by atoms with Crippen LogP contribution in [0.4, 0.5) is 0 Å². The predicted molar refractivity (Wildman–Crippen MR) is 124 cm³/mol. The van der Waals surface area contributed by atoms with Crippen LogP contribution in [-0.4, -0.2) is 36.1 Å². The van der Waals surface area contributed by atoms with E-state index in [0.29, 0.717) is 11.7 Å². The standard InChI is InChI=1S/C24H28N6O/c1-16(2)17(12-25)10-23(26)29-24-9-8-21-22(28-24)11-18(13-27-21)30-14-20(15-30)31-19-6-4-3-5-7-19/h3-13,16,20,25,27-28H,14-15H2,1-2H3,(H2,26,29). The summed E-state index contributed by atoms with van der Waals surface area (Å²) in [6.07, 6.45) is 11.2. The topological polar surface area (TPSA) is 98.8 Å². The van der Waals surface area contributed by atoms with Crippen LogP contribution in [0.25, 0.3) is 0 Å². The second kappa shape index (κ2) is 8.95. The molecule has 31 heavy (non-hydrogen) atoms. The minimum Gasteiger partial charge on any atom is -0.487 e. The minimum atomic E-state index is 0.189. The SMILES string of the molecule is CC(C)C(C=N)=CC(N)=NC1=CC=C2NC=C(N3CC(Oc4ccccc4)C3)C=C2N1. The molecule has 0 atom stereocenters. The van der Waals surface area contributed by atoms with Crippen LogP contribution >= 0.6 is 0 Å². The third kappa shape index (κ3) is 4.88. The number of hydrogen-bond donors (Lipinski definition) is 4. The van der Waals surface area contributed by atoms with Gasteiger partial charge in [-0.2, -0.15) is 0 Å². The van der Waals surface area contributed by atoms with Crippen molar-refractivity contribution in [2.24, 2.45) is 16.6 Å². The van der Waals surface area contributed by atoms with Gasteiger partial charge in [-0.15, -0.1) is 0 Å². The van der Waals surface area contributed by atoms with Crippen LogP contribution in [0.3, 0.4) is 0 Å². The number of aliphatic imine (C=N–C) groups is 1. The Morgan fingerprint density at radius 2 is 2.00 bits per heavy atom. The summed E-state index contributed by atoms with van der Waals surface area (Å²) in [5.74, 6) is 2.15. The fourth-order valence-corrected chi connectivity index (χ4v) is 3.46. The van der Waals surface area contributed by atoms with Gasteiger partial charge in [0, 0.05) is 12.4 Å².